The van der Waals surface area contributed by atoms with E-state index in [0.717, 1.165) is 25.8 Å². The van der Waals surface area contributed by atoms with Gasteiger partial charge in [-0.05, 0) is 61.6 Å². The van der Waals surface area contributed by atoms with Gasteiger partial charge in [-0.15, -0.1) is 0 Å². The number of nitrogens with zero attached hydrogens (tertiary/aromatic N) is 1. The molecule has 0 saturated carbocycles. The third kappa shape index (κ3) is 4.70. The molecule has 2 rings (SSSR count). The number of hydrogen-bond donors (Lipinski definition) is 0. The summed E-state index contributed by atoms with van der Waals surface area (Å²) in [6.07, 6.45) is 16.4. The standard InChI is InChI=1S/C21H25N/c1-3-10-18(15-9-16-22-4-2)20-13-8-14-21(17-20)19-11-6-5-7-12-19/h3-7,10-12,14-15,17H,8-9,13,16H2,1-2H3/b10-3-,18-15+,22-4+. The molecule has 0 radical (unpaired) electrons. The largest absolute Gasteiger partial charge is 0.298 e. The normalized spacial score (nSPS) is 16.2. The van der Waals surface area contributed by atoms with E-state index in [1.54, 1.807) is 0 Å². The van der Waals surface area contributed by atoms with Crippen molar-refractivity contribution < 1.29 is 0 Å². The zero-order valence-electron chi connectivity index (χ0n) is 13.6. The van der Waals surface area contributed by atoms with Crippen molar-refractivity contribution in [2.75, 3.05) is 6.54 Å². The van der Waals surface area contributed by atoms with Crippen molar-refractivity contribution in [1.29, 1.82) is 0 Å². The highest BCUT2D eigenvalue weighted by Crippen LogP contribution is 2.29. The van der Waals surface area contributed by atoms with Crippen molar-refractivity contribution in [3.8, 4) is 0 Å². The van der Waals surface area contributed by atoms with E-state index in [4.69, 9.17) is 0 Å². The lowest BCUT2D eigenvalue weighted by atomic mass is 9.90. The molecule has 0 bridgehead atoms. The average molecular weight is 291 g/mol. The number of hydrogen-bond acceptors (Lipinski definition) is 1. The van der Waals surface area contributed by atoms with Crippen LogP contribution in [0, 0.1) is 0 Å². The van der Waals surface area contributed by atoms with E-state index in [0.29, 0.717) is 0 Å². The Morgan fingerprint density at radius 1 is 1.18 bits per heavy atom. The first-order chi connectivity index (χ1) is 10.8. The van der Waals surface area contributed by atoms with Crippen LogP contribution >= 0.6 is 0 Å². The highest BCUT2D eigenvalue weighted by molar-refractivity contribution is 5.77. The van der Waals surface area contributed by atoms with E-state index in [9.17, 15) is 0 Å². The molecule has 0 aromatic heterocycles. The first-order valence-electron chi connectivity index (χ1n) is 8.09. The summed E-state index contributed by atoms with van der Waals surface area (Å²) in [5.41, 5.74) is 5.41. The molecule has 1 nitrogen and oxygen atoms in total. The van der Waals surface area contributed by atoms with Crippen LogP contribution in [-0.4, -0.2) is 12.8 Å². The minimum Gasteiger partial charge on any atom is -0.298 e. The van der Waals surface area contributed by atoms with Gasteiger partial charge in [-0.25, -0.2) is 0 Å². The fourth-order valence-corrected chi connectivity index (χ4v) is 2.67. The molecule has 0 spiro atoms. The van der Waals surface area contributed by atoms with Gasteiger partial charge in [0.15, 0.2) is 0 Å². The van der Waals surface area contributed by atoms with E-state index in [-0.39, 0.29) is 0 Å². The molecule has 0 N–H and O–H groups in total. The number of benzene rings is 1. The third-order valence-corrected chi connectivity index (χ3v) is 3.74. The lowest BCUT2D eigenvalue weighted by Crippen LogP contribution is -1.96. The van der Waals surface area contributed by atoms with Crippen molar-refractivity contribution in [2.45, 2.75) is 33.1 Å². The second kappa shape index (κ2) is 8.99. The van der Waals surface area contributed by atoms with Crippen molar-refractivity contribution >= 4 is 11.8 Å². The van der Waals surface area contributed by atoms with Crippen molar-refractivity contribution in [1.82, 2.24) is 0 Å². The maximum absolute atomic E-state index is 4.29. The Labute approximate surface area is 134 Å². The number of aliphatic imine (C=N–C) groups is 1. The van der Waals surface area contributed by atoms with Gasteiger partial charge in [0.05, 0.1) is 0 Å². The Morgan fingerprint density at radius 3 is 2.73 bits per heavy atom. The van der Waals surface area contributed by atoms with E-state index in [1.807, 2.05) is 13.1 Å². The molecule has 1 aromatic carbocycles. The second-order valence-electron chi connectivity index (χ2n) is 5.35. The van der Waals surface area contributed by atoms with Gasteiger partial charge in [0.25, 0.3) is 0 Å². The molecule has 1 aliphatic rings. The Hall–Kier alpha value is -2.15. The number of rotatable bonds is 6. The molecule has 114 valence electrons. The minimum absolute atomic E-state index is 0.867. The Balaban J connectivity index is 2.20. The van der Waals surface area contributed by atoms with Crippen LogP contribution in [0.15, 0.2) is 76.9 Å². The molecule has 0 heterocycles. The van der Waals surface area contributed by atoms with Crippen LogP contribution < -0.4 is 0 Å². The Morgan fingerprint density at radius 2 is 2.00 bits per heavy atom. The maximum atomic E-state index is 4.29. The molecule has 0 fully saturated rings. The van der Waals surface area contributed by atoms with Crippen molar-refractivity contribution in [3.63, 3.8) is 0 Å². The topological polar surface area (TPSA) is 12.4 Å². The fraction of sp³-hybridized carbons (Fsp3) is 0.286. The van der Waals surface area contributed by atoms with E-state index >= 15 is 0 Å². The van der Waals surface area contributed by atoms with E-state index in [2.05, 4.69) is 72.6 Å². The first kappa shape index (κ1) is 16.2. The van der Waals surface area contributed by atoms with Crippen LogP contribution in [0.2, 0.25) is 0 Å². The van der Waals surface area contributed by atoms with Gasteiger partial charge < -0.3 is 0 Å². The van der Waals surface area contributed by atoms with E-state index in [1.165, 1.54) is 22.3 Å². The van der Waals surface area contributed by atoms with Crippen LogP contribution in [0.3, 0.4) is 0 Å². The SMILES string of the molecule is C/C=C\C(=C/CC/N=C/C)C1=CC(c2ccccc2)=CCC1. The van der Waals surface area contributed by atoms with Gasteiger partial charge in [-0.1, -0.05) is 60.7 Å². The summed E-state index contributed by atoms with van der Waals surface area (Å²) in [7, 11) is 0. The summed E-state index contributed by atoms with van der Waals surface area (Å²) in [4.78, 5) is 4.29. The quantitative estimate of drug-likeness (QED) is 0.358. The maximum Gasteiger partial charge on any atom is 0.0420 e. The molecule has 0 unspecified atom stereocenters. The molecule has 1 aliphatic carbocycles. The van der Waals surface area contributed by atoms with E-state index < -0.39 is 0 Å². The molecule has 0 amide bonds. The van der Waals surface area contributed by atoms with Gasteiger partial charge in [0.2, 0.25) is 0 Å². The summed E-state index contributed by atoms with van der Waals surface area (Å²) >= 11 is 0. The summed E-state index contributed by atoms with van der Waals surface area (Å²) in [6, 6.07) is 10.6. The van der Waals surface area contributed by atoms with Gasteiger partial charge in [0.1, 0.15) is 0 Å². The fourth-order valence-electron chi connectivity index (χ4n) is 2.67. The molecule has 22 heavy (non-hydrogen) atoms. The average Bonchev–Trinajstić information content (AvgIpc) is 2.58. The van der Waals surface area contributed by atoms with Gasteiger partial charge >= 0.3 is 0 Å². The van der Waals surface area contributed by atoms with Crippen molar-refractivity contribution in [2.24, 2.45) is 4.99 Å². The monoisotopic (exact) mass is 291 g/mol. The summed E-state index contributed by atoms with van der Waals surface area (Å²) in [6.45, 7) is 4.92. The van der Waals surface area contributed by atoms with Gasteiger partial charge in [0, 0.05) is 6.54 Å². The summed E-state index contributed by atoms with van der Waals surface area (Å²) < 4.78 is 0. The predicted octanol–water partition coefficient (Wildman–Crippen LogP) is 5.77. The molecular weight excluding hydrogens is 266 g/mol. The zero-order chi connectivity index (χ0) is 15.6. The molecule has 0 aliphatic heterocycles. The highest BCUT2D eigenvalue weighted by atomic mass is 14.7. The molecular formula is C21H25N. The smallest absolute Gasteiger partial charge is 0.0420 e. The lowest BCUT2D eigenvalue weighted by Gasteiger charge is -2.15. The van der Waals surface area contributed by atoms with Gasteiger partial charge in [-0.3, -0.25) is 4.99 Å². The van der Waals surface area contributed by atoms with Crippen LogP contribution in [0.4, 0.5) is 0 Å². The minimum atomic E-state index is 0.867. The first-order valence-corrected chi connectivity index (χ1v) is 8.09. The summed E-state index contributed by atoms with van der Waals surface area (Å²) in [5, 5.41) is 0. The van der Waals surface area contributed by atoms with Crippen LogP contribution in [-0.2, 0) is 0 Å². The third-order valence-electron chi connectivity index (χ3n) is 3.74. The molecule has 1 heteroatoms. The zero-order valence-corrected chi connectivity index (χ0v) is 13.6. The lowest BCUT2D eigenvalue weighted by molar-refractivity contribution is 0.963. The Bertz CT molecular complexity index is 613. The highest BCUT2D eigenvalue weighted by Gasteiger charge is 2.09. The number of allylic oxidation sites excluding steroid dienone is 7. The molecule has 0 atom stereocenters. The van der Waals surface area contributed by atoms with Crippen LogP contribution in [0.1, 0.15) is 38.7 Å². The second-order valence-corrected chi connectivity index (χ2v) is 5.35. The van der Waals surface area contributed by atoms with Gasteiger partial charge in [-0.2, -0.15) is 0 Å². The van der Waals surface area contributed by atoms with Crippen molar-refractivity contribution in [3.05, 3.63) is 77.4 Å². The summed E-state index contributed by atoms with van der Waals surface area (Å²) in [5.74, 6) is 0. The van der Waals surface area contributed by atoms with Crippen LogP contribution in [0.25, 0.3) is 5.57 Å². The molecule has 1 aromatic rings. The predicted molar refractivity (Wildman–Crippen MR) is 98.3 cm³/mol. The molecule has 0 saturated heterocycles. The Kier molecular flexibility index (Phi) is 6.63. The van der Waals surface area contributed by atoms with Crippen LogP contribution in [0.5, 0.6) is 0 Å².